The molecule has 0 radical (unpaired) electrons. The second-order valence-electron chi connectivity index (χ2n) is 6.70. The van der Waals surface area contributed by atoms with E-state index in [1.54, 1.807) is 0 Å². The summed E-state index contributed by atoms with van der Waals surface area (Å²) in [5.74, 6) is -1.34. The molecule has 8 heteroatoms. The summed E-state index contributed by atoms with van der Waals surface area (Å²) in [5, 5.41) is 0. The highest BCUT2D eigenvalue weighted by molar-refractivity contribution is 6.76. The third kappa shape index (κ3) is 4.07. The molecular weight excluding hydrogens is 331 g/mol. The predicted octanol–water partition coefficient (Wildman–Crippen LogP) is 3.09. The zero-order chi connectivity index (χ0) is 17.9. The molecule has 0 N–H and O–H groups in total. The number of carbonyl (C=O) groups excluding carboxylic acids is 2. The topological polar surface area (TPSA) is 70.4 Å². The van der Waals surface area contributed by atoms with Crippen molar-refractivity contribution in [3.05, 3.63) is 29.3 Å². The number of pyridine rings is 1. The molecule has 0 aliphatic heterocycles. The van der Waals surface area contributed by atoms with Crippen molar-refractivity contribution in [1.29, 1.82) is 0 Å². The molecule has 0 aliphatic carbocycles. The number of aromatic nitrogens is 2. The molecule has 24 heavy (non-hydrogen) atoms. The predicted molar refractivity (Wildman–Crippen MR) is 90.5 cm³/mol. The lowest BCUT2D eigenvalue weighted by Crippen LogP contribution is -2.22. The Bertz CT molecular complexity index is 768. The highest BCUT2D eigenvalue weighted by Crippen LogP contribution is 2.23. The maximum Gasteiger partial charge on any atom is 0.356 e. The molecule has 2 rings (SSSR count). The molecule has 2 aromatic heterocycles. The number of hydrogen-bond acceptors (Lipinski definition) is 5. The van der Waals surface area contributed by atoms with E-state index in [1.165, 1.54) is 23.9 Å². The van der Waals surface area contributed by atoms with Gasteiger partial charge in [0.1, 0.15) is 17.9 Å². The normalized spacial score (nSPS) is 11.7. The van der Waals surface area contributed by atoms with Gasteiger partial charge in [-0.05, 0) is 12.1 Å². The first-order valence-electron chi connectivity index (χ1n) is 7.57. The van der Waals surface area contributed by atoms with Crippen LogP contribution in [-0.4, -0.2) is 43.6 Å². The van der Waals surface area contributed by atoms with Crippen molar-refractivity contribution in [3.8, 4) is 0 Å². The van der Waals surface area contributed by atoms with Crippen molar-refractivity contribution in [3.63, 3.8) is 0 Å². The SMILES string of the molecule is COC(=O)c1cc(C=O)c2c(n1)c(F)cn2COCC[Si](C)(C)C. The number of rotatable bonds is 7. The fourth-order valence-electron chi connectivity index (χ4n) is 2.23. The first kappa shape index (κ1) is 18.3. The van der Waals surface area contributed by atoms with Gasteiger partial charge in [0.05, 0.1) is 12.6 Å². The molecule has 0 unspecified atom stereocenters. The van der Waals surface area contributed by atoms with E-state index in [-0.39, 0.29) is 23.5 Å². The van der Waals surface area contributed by atoms with Gasteiger partial charge in [-0.3, -0.25) is 4.79 Å². The van der Waals surface area contributed by atoms with E-state index in [1.807, 2.05) is 0 Å². The minimum absolute atomic E-state index is 0.0474. The Morgan fingerprint density at radius 3 is 2.71 bits per heavy atom. The first-order chi connectivity index (χ1) is 11.3. The molecule has 0 saturated heterocycles. The number of aldehydes is 1. The average molecular weight is 352 g/mol. The Labute approximate surface area is 140 Å². The molecule has 0 atom stereocenters. The molecular formula is C16H21FN2O4Si. The van der Waals surface area contributed by atoms with Crippen molar-refractivity contribution in [1.82, 2.24) is 9.55 Å². The summed E-state index contributed by atoms with van der Waals surface area (Å²) in [4.78, 5) is 26.9. The van der Waals surface area contributed by atoms with Gasteiger partial charge in [0.2, 0.25) is 0 Å². The summed E-state index contributed by atoms with van der Waals surface area (Å²) >= 11 is 0. The van der Waals surface area contributed by atoms with Gasteiger partial charge in [0, 0.05) is 26.4 Å². The summed E-state index contributed by atoms with van der Waals surface area (Å²) in [6.45, 7) is 7.41. The summed E-state index contributed by atoms with van der Waals surface area (Å²) in [7, 11) is -0.0171. The monoisotopic (exact) mass is 352 g/mol. The Morgan fingerprint density at radius 1 is 1.42 bits per heavy atom. The third-order valence-electron chi connectivity index (χ3n) is 3.55. The molecule has 0 aliphatic rings. The molecule has 0 spiro atoms. The number of fused-ring (bicyclic) bond motifs is 1. The van der Waals surface area contributed by atoms with Crippen molar-refractivity contribution >= 4 is 31.4 Å². The lowest BCUT2D eigenvalue weighted by molar-refractivity contribution is 0.0594. The van der Waals surface area contributed by atoms with Crippen LogP contribution in [0.5, 0.6) is 0 Å². The largest absolute Gasteiger partial charge is 0.464 e. The second-order valence-corrected chi connectivity index (χ2v) is 12.3. The standard InChI is InChI=1S/C16H21FN2O4Si/c1-22-16(21)13-7-11(9-20)15-14(18-13)12(17)8-19(15)10-23-5-6-24(2,3)4/h7-9H,5-6,10H2,1-4H3. The molecule has 0 amide bonds. The Balaban J connectivity index is 2.32. The molecule has 0 saturated carbocycles. The average Bonchev–Trinajstić information content (AvgIpc) is 2.85. The van der Waals surface area contributed by atoms with Crippen LogP contribution < -0.4 is 0 Å². The lowest BCUT2D eigenvalue weighted by Gasteiger charge is -2.16. The summed E-state index contributed by atoms with van der Waals surface area (Å²) in [6.07, 6.45) is 1.79. The van der Waals surface area contributed by atoms with Gasteiger partial charge in [0.15, 0.2) is 12.1 Å². The smallest absolute Gasteiger partial charge is 0.356 e. The highest BCUT2D eigenvalue weighted by Gasteiger charge is 2.19. The molecule has 2 aromatic rings. The van der Waals surface area contributed by atoms with Crippen LogP contribution in [0.1, 0.15) is 20.8 Å². The minimum atomic E-state index is -1.21. The number of ether oxygens (including phenoxy) is 2. The van der Waals surface area contributed by atoms with E-state index in [4.69, 9.17) is 4.74 Å². The van der Waals surface area contributed by atoms with Gasteiger partial charge < -0.3 is 14.0 Å². The van der Waals surface area contributed by atoms with Crippen molar-refractivity contribution in [2.45, 2.75) is 32.4 Å². The van der Waals surface area contributed by atoms with Crippen LogP contribution in [0.3, 0.4) is 0 Å². The number of methoxy groups -OCH3 is 1. The molecule has 6 nitrogen and oxygen atoms in total. The van der Waals surface area contributed by atoms with E-state index in [9.17, 15) is 14.0 Å². The van der Waals surface area contributed by atoms with Crippen molar-refractivity contribution < 1.29 is 23.5 Å². The van der Waals surface area contributed by atoms with Crippen LogP contribution in [0.25, 0.3) is 11.0 Å². The first-order valence-corrected chi connectivity index (χ1v) is 11.3. The quantitative estimate of drug-likeness (QED) is 0.331. The summed E-state index contributed by atoms with van der Waals surface area (Å²) in [6, 6.07) is 2.28. The van der Waals surface area contributed by atoms with Crippen LogP contribution in [0.4, 0.5) is 4.39 Å². The molecule has 0 fully saturated rings. The van der Waals surface area contributed by atoms with Gasteiger partial charge in [-0.15, -0.1) is 0 Å². The molecule has 0 aromatic carbocycles. The van der Waals surface area contributed by atoms with Gasteiger partial charge in [-0.25, -0.2) is 14.2 Å². The zero-order valence-electron chi connectivity index (χ0n) is 14.3. The van der Waals surface area contributed by atoms with Crippen LogP contribution in [0, 0.1) is 5.82 Å². The van der Waals surface area contributed by atoms with Crippen LogP contribution >= 0.6 is 0 Å². The number of esters is 1. The van der Waals surface area contributed by atoms with E-state index in [0.717, 1.165) is 6.04 Å². The summed E-state index contributed by atoms with van der Waals surface area (Å²) in [5.41, 5.74) is 0.318. The van der Waals surface area contributed by atoms with Crippen LogP contribution in [0.15, 0.2) is 12.3 Å². The Kier molecular flexibility index (Phi) is 5.50. The maximum absolute atomic E-state index is 14.2. The minimum Gasteiger partial charge on any atom is -0.464 e. The number of nitrogens with zero attached hydrogens (tertiary/aromatic N) is 2. The van der Waals surface area contributed by atoms with Crippen molar-refractivity contribution in [2.75, 3.05) is 13.7 Å². The molecule has 0 bridgehead atoms. The second kappa shape index (κ2) is 7.23. The summed E-state index contributed by atoms with van der Waals surface area (Å²) < 4.78 is 25.8. The zero-order valence-corrected chi connectivity index (χ0v) is 15.3. The van der Waals surface area contributed by atoms with E-state index >= 15 is 0 Å². The van der Waals surface area contributed by atoms with Gasteiger partial charge in [-0.2, -0.15) is 0 Å². The fraction of sp³-hybridized carbons (Fsp3) is 0.438. The Hall–Kier alpha value is -2.06. The third-order valence-corrected chi connectivity index (χ3v) is 5.26. The highest BCUT2D eigenvalue weighted by atomic mass is 28.3. The van der Waals surface area contributed by atoms with E-state index in [0.29, 0.717) is 18.4 Å². The van der Waals surface area contributed by atoms with E-state index in [2.05, 4.69) is 29.4 Å². The fourth-order valence-corrected chi connectivity index (χ4v) is 2.99. The van der Waals surface area contributed by atoms with Gasteiger partial charge >= 0.3 is 5.97 Å². The van der Waals surface area contributed by atoms with Gasteiger partial charge in [-0.1, -0.05) is 19.6 Å². The number of hydrogen-bond donors (Lipinski definition) is 0. The number of carbonyl (C=O) groups is 2. The van der Waals surface area contributed by atoms with Crippen molar-refractivity contribution in [2.24, 2.45) is 0 Å². The van der Waals surface area contributed by atoms with E-state index < -0.39 is 19.9 Å². The maximum atomic E-state index is 14.2. The Morgan fingerprint density at radius 2 is 2.12 bits per heavy atom. The van der Waals surface area contributed by atoms with Crippen LogP contribution in [0.2, 0.25) is 25.7 Å². The van der Waals surface area contributed by atoms with Crippen LogP contribution in [-0.2, 0) is 16.2 Å². The number of halogens is 1. The lowest BCUT2D eigenvalue weighted by atomic mass is 10.2. The molecule has 2 heterocycles. The van der Waals surface area contributed by atoms with Gasteiger partial charge in [0.25, 0.3) is 0 Å². The molecule has 130 valence electrons.